The number of nitrogens with one attached hydrogen (secondary N) is 1. The van der Waals surface area contributed by atoms with Gasteiger partial charge in [-0.05, 0) is 54.0 Å². The maximum Gasteiger partial charge on any atom is 0.341 e. The Morgan fingerprint density at radius 3 is 2.64 bits per heavy atom. The lowest BCUT2D eigenvalue weighted by molar-refractivity contribution is -0.139. The first-order valence-electron chi connectivity index (χ1n) is 9.10. The monoisotopic (exact) mass is 401 g/mol. The minimum Gasteiger partial charge on any atom is -0.482 e. The number of ether oxygens (including phenoxy) is 1. The molecule has 0 atom stereocenters. The number of hydrogen-bond donors (Lipinski definition) is 2. The van der Waals surface area contributed by atoms with Crippen LogP contribution >= 0.6 is 0 Å². The van der Waals surface area contributed by atoms with Crippen molar-refractivity contribution in [3.63, 3.8) is 0 Å². The van der Waals surface area contributed by atoms with Crippen LogP contribution in [0.5, 0.6) is 5.75 Å². The number of rotatable bonds is 8. The molecular formula is C21H23NO5S. The fourth-order valence-electron chi connectivity index (χ4n) is 3.21. The summed E-state index contributed by atoms with van der Waals surface area (Å²) in [4.78, 5) is 10.7. The van der Waals surface area contributed by atoms with Gasteiger partial charge in [0, 0.05) is 6.20 Å². The van der Waals surface area contributed by atoms with E-state index < -0.39 is 16.0 Å². The van der Waals surface area contributed by atoms with Gasteiger partial charge in [-0.25, -0.2) is 13.2 Å². The lowest BCUT2D eigenvalue weighted by atomic mass is 9.88. The predicted molar refractivity (Wildman–Crippen MR) is 107 cm³/mol. The lowest BCUT2D eigenvalue weighted by Gasteiger charge is -2.21. The van der Waals surface area contributed by atoms with E-state index in [0.717, 1.165) is 22.3 Å². The topological polar surface area (TPSA) is 92.7 Å². The molecule has 0 fully saturated rings. The predicted octanol–water partition coefficient (Wildman–Crippen LogP) is 2.68. The van der Waals surface area contributed by atoms with Crippen LogP contribution in [0.2, 0.25) is 0 Å². The van der Waals surface area contributed by atoms with Gasteiger partial charge in [-0.15, -0.1) is 0 Å². The van der Waals surface area contributed by atoms with Gasteiger partial charge in [0.05, 0.1) is 5.75 Å². The van der Waals surface area contributed by atoms with Crippen molar-refractivity contribution < 1.29 is 23.1 Å². The molecule has 6 nitrogen and oxygen atoms in total. The van der Waals surface area contributed by atoms with E-state index in [-0.39, 0.29) is 12.4 Å². The van der Waals surface area contributed by atoms with Crippen molar-refractivity contribution in [3.8, 4) is 5.75 Å². The third-order valence-electron chi connectivity index (χ3n) is 4.64. The first-order valence-corrected chi connectivity index (χ1v) is 10.8. The highest BCUT2D eigenvalue weighted by Gasteiger charge is 2.18. The minimum atomic E-state index is -3.40. The zero-order valence-electron chi connectivity index (χ0n) is 15.4. The number of sulfonamides is 1. The Morgan fingerprint density at radius 1 is 1.11 bits per heavy atom. The SMILES string of the molecule is O=C(O)COc1cccc2c1CCC(=CNS(=O)(=O)CCc1ccccc1)C2. The van der Waals surface area contributed by atoms with E-state index in [1.807, 2.05) is 42.5 Å². The first kappa shape index (κ1) is 19.9. The van der Waals surface area contributed by atoms with Crippen LogP contribution in [0.4, 0.5) is 0 Å². The summed E-state index contributed by atoms with van der Waals surface area (Å²) in [6.45, 7) is -0.375. The molecule has 0 amide bonds. The highest BCUT2D eigenvalue weighted by Crippen LogP contribution is 2.31. The molecule has 0 heterocycles. The highest BCUT2D eigenvalue weighted by atomic mass is 32.2. The van der Waals surface area contributed by atoms with Gasteiger partial charge >= 0.3 is 5.97 Å². The molecule has 2 aromatic rings. The zero-order valence-corrected chi connectivity index (χ0v) is 16.2. The summed E-state index contributed by atoms with van der Waals surface area (Å²) in [5.41, 5.74) is 4.00. The Kier molecular flexibility index (Phi) is 6.36. The van der Waals surface area contributed by atoms with E-state index >= 15 is 0 Å². The van der Waals surface area contributed by atoms with Crippen molar-refractivity contribution in [2.75, 3.05) is 12.4 Å². The number of aryl methyl sites for hydroxylation is 1. The molecule has 1 aliphatic carbocycles. The number of carboxylic acids is 1. The summed E-state index contributed by atoms with van der Waals surface area (Å²) in [7, 11) is -3.40. The number of carboxylic acid groups (broad SMARTS) is 1. The van der Waals surface area contributed by atoms with E-state index in [1.54, 1.807) is 12.3 Å². The average Bonchev–Trinajstić information content (AvgIpc) is 2.70. The van der Waals surface area contributed by atoms with Crippen LogP contribution in [0.1, 0.15) is 23.1 Å². The zero-order chi connectivity index (χ0) is 20.0. The molecule has 1 aliphatic rings. The standard InChI is InChI=1S/C21H23NO5S/c23-21(24)15-27-20-8-4-7-18-13-17(9-10-19(18)20)14-22-28(25,26)12-11-16-5-2-1-3-6-16/h1-8,14,22H,9-13,15H2,(H,23,24). The normalized spacial score (nSPS) is 15.1. The lowest BCUT2D eigenvalue weighted by Crippen LogP contribution is -2.24. The van der Waals surface area contributed by atoms with Crippen LogP contribution < -0.4 is 9.46 Å². The summed E-state index contributed by atoms with van der Waals surface area (Å²) >= 11 is 0. The minimum absolute atomic E-state index is 0.0323. The van der Waals surface area contributed by atoms with Crippen molar-refractivity contribution in [3.05, 3.63) is 77.0 Å². The van der Waals surface area contributed by atoms with E-state index in [9.17, 15) is 13.2 Å². The number of carbonyl (C=O) groups is 1. The largest absolute Gasteiger partial charge is 0.482 e. The first-order chi connectivity index (χ1) is 13.4. The van der Waals surface area contributed by atoms with E-state index in [1.165, 1.54) is 0 Å². The summed E-state index contributed by atoms with van der Waals surface area (Å²) < 4.78 is 32.5. The van der Waals surface area contributed by atoms with E-state index in [0.29, 0.717) is 31.4 Å². The molecule has 0 aromatic heterocycles. The van der Waals surface area contributed by atoms with Gasteiger partial charge in [-0.2, -0.15) is 0 Å². The molecule has 0 saturated heterocycles. The fourth-order valence-corrected chi connectivity index (χ4v) is 4.17. The van der Waals surface area contributed by atoms with Crippen LogP contribution in [0.15, 0.2) is 60.3 Å². The molecule has 0 spiro atoms. The Bertz CT molecular complexity index is 968. The van der Waals surface area contributed by atoms with Crippen LogP contribution in [0.3, 0.4) is 0 Å². The Morgan fingerprint density at radius 2 is 1.89 bits per heavy atom. The Hall–Kier alpha value is -2.80. The van der Waals surface area contributed by atoms with Crippen LogP contribution in [0, 0.1) is 0 Å². The van der Waals surface area contributed by atoms with Gasteiger partial charge in [0.25, 0.3) is 0 Å². The molecule has 0 aliphatic heterocycles. The highest BCUT2D eigenvalue weighted by molar-refractivity contribution is 7.89. The van der Waals surface area contributed by atoms with Gasteiger partial charge in [0.2, 0.25) is 10.0 Å². The average molecular weight is 401 g/mol. The molecule has 0 saturated carbocycles. The number of aliphatic carboxylic acids is 1. The maximum atomic E-state index is 12.3. The Balaban J connectivity index is 1.61. The number of fused-ring (bicyclic) bond motifs is 1. The molecule has 3 rings (SSSR count). The molecule has 0 bridgehead atoms. The van der Waals surface area contributed by atoms with Gasteiger partial charge in [0.15, 0.2) is 6.61 Å². The molecule has 2 aromatic carbocycles. The quantitative estimate of drug-likeness (QED) is 0.709. The fraction of sp³-hybridized carbons (Fsp3) is 0.286. The summed E-state index contributed by atoms with van der Waals surface area (Å²) in [6, 6.07) is 15.1. The molecule has 0 radical (unpaired) electrons. The van der Waals surface area contributed by atoms with Gasteiger partial charge < -0.3 is 9.84 Å². The second-order valence-electron chi connectivity index (χ2n) is 6.73. The van der Waals surface area contributed by atoms with Crippen molar-refractivity contribution in [2.45, 2.75) is 25.7 Å². The Labute approximate surface area is 164 Å². The molecule has 2 N–H and O–H groups in total. The van der Waals surface area contributed by atoms with Crippen molar-refractivity contribution in [2.24, 2.45) is 0 Å². The van der Waals surface area contributed by atoms with Crippen molar-refractivity contribution in [1.29, 1.82) is 0 Å². The molecule has 28 heavy (non-hydrogen) atoms. The number of hydrogen-bond acceptors (Lipinski definition) is 4. The van der Waals surface area contributed by atoms with Crippen LogP contribution in [-0.4, -0.2) is 31.9 Å². The molecular weight excluding hydrogens is 378 g/mol. The van der Waals surface area contributed by atoms with Crippen molar-refractivity contribution >= 4 is 16.0 Å². The van der Waals surface area contributed by atoms with Gasteiger partial charge in [0.1, 0.15) is 5.75 Å². The van der Waals surface area contributed by atoms with Crippen LogP contribution in [0.25, 0.3) is 0 Å². The van der Waals surface area contributed by atoms with Gasteiger partial charge in [-0.1, -0.05) is 42.5 Å². The molecule has 7 heteroatoms. The summed E-state index contributed by atoms with van der Waals surface area (Å²) in [5.74, 6) is -0.397. The van der Waals surface area contributed by atoms with E-state index in [2.05, 4.69) is 4.72 Å². The third-order valence-corrected chi connectivity index (χ3v) is 5.86. The smallest absolute Gasteiger partial charge is 0.341 e. The van der Waals surface area contributed by atoms with Crippen molar-refractivity contribution in [1.82, 2.24) is 4.72 Å². The summed E-state index contributed by atoms with van der Waals surface area (Å²) in [5, 5.41) is 8.78. The third kappa shape index (κ3) is 5.60. The molecule has 148 valence electrons. The van der Waals surface area contributed by atoms with Crippen LogP contribution in [-0.2, 0) is 34.1 Å². The number of benzene rings is 2. The maximum absolute atomic E-state index is 12.3. The van der Waals surface area contributed by atoms with E-state index in [4.69, 9.17) is 9.84 Å². The second kappa shape index (κ2) is 8.93. The summed E-state index contributed by atoms with van der Waals surface area (Å²) in [6.07, 6.45) is 4.05. The second-order valence-corrected chi connectivity index (χ2v) is 8.60. The number of allylic oxidation sites excluding steroid dienone is 1. The van der Waals surface area contributed by atoms with Gasteiger partial charge in [-0.3, -0.25) is 4.72 Å². The molecule has 0 unspecified atom stereocenters.